The van der Waals surface area contributed by atoms with Gasteiger partial charge in [0.2, 0.25) is 0 Å². The van der Waals surface area contributed by atoms with Crippen molar-refractivity contribution in [1.82, 2.24) is 4.90 Å². The number of likely N-dealkylation sites (N-methyl/N-ethyl adjacent to an activating group) is 1. The fourth-order valence-corrected chi connectivity index (χ4v) is 3.62. The minimum Gasteiger partial charge on any atom is -0.484 e. The van der Waals surface area contributed by atoms with Gasteiger partial charge in [0.25, 0.3) is 15.9 Å². The maximum Gasteiger partial charge on any atom is 0.261 e. The lowest BCUT2D eigenvalue weighted by atomic mass is 10.3. The molecule has 8 heteroatoms. The molecule has 0 fully saturated rings. The molecule has 0 aliphatic rings. The van der Waals surface area contributed by atoms with E-state index in [0.29, 0.717) is 11.4 Å². The van der Waals surface area contributed by atoms with Gasteiger partial charge in [0.15, 0.2) is 6.61 Å². The Balaban J connectivity index is 2.11. The number of carbonyl (C=O) groups excluding carboxylic acids is 1. The van der Waals surface area contributed by atoms with Gasteiger partial charge in [-0.15, -0.1) is 11.8 Å². The summed E-state index contributed by atoms with van der Waals surface area (Å²) in [6.45, 7) is -0.0988. The number of carbonyl (C=O) groups is 1. The molecule has 0 spiro atoms. The Labute approximate surface area is 152 Å². The van der Waals surface area contributed by atoms with Crippen LogP contribution in [0.2, 0.25) is 0 Å². The summed E-state index contributed by atoms with van der Waals surface area (Å²) in [5, 5.41) is 0. The van der Waals surface area contributed by atoms with Gasteiger partial charge in [0.05, 0.1) is 10.6 Å². The minimum absolute atomic E-state index is 0.0988. The lowest BCUT2D eigenvalue weighted by molar-refractivity contribution is -0.130. The van der Waals surface area contributed by atoms with Crippen LogP contribution in [0, 0.1) is 0 Å². The summed E-state index contributed by atoms with van der Waals surface area (Å²) in [6.07, 6.45) is 1.88. The number of amides is 1. The molecule has 1 amide bonds. The lowest BCUT2D eigenvalue weighted by Gasteiger charge is -2.13. The molecule has 2 aromatic rings. The largest absolute Gasteiger partial charge is 0.484 e. The molecule has 0 unspecified atom stereocenters. The predicted molar refractivity (Wildman–Crippen MR) is 99.7 cm³/mol. The number of ether oxygens (including phenoxy) is 1. The maximum absolute atomic E-state index is 12.5. The third-order valence-electron chi connectivity index (χ3n) is 3.35. The first-order chi connectivity index (χ1) is 11.8. The van der Waals surface area contributed by atoms with Gasteiger partial charge < -0.3 is 9.64 Å². The van der Waals surface area contributed by atoms with Gasteiger partial charge in [-0.05, 0) is 42.7 Å². The first kappa shape index (κ1) is 19.1. The summed E-state index contributed by atoms with van der Waals surface area (Å²) in [5.41, 5.74) is 0.534. The number of rotatable bonds is 7. The first-order valence-electron chi connectivity index (χ1n) is 7.42. The zero-order chi connectivity index (χ0) is 18.4. The number of nitrogens with one attached hydrogen (secondary N) is 1. The predicted octanol–water partition coefficient (Wildman–Crippen LogP) is 2.68. The number of sulfonamides is 1. The maximum atomic E-state index is 12.5. The summed E-state index contributed by atoms with van der Waals surface area (Å²) in [4.78, 5) is 13.9. The van der Waals surface area contributed by atoms with Gasteiger partial charge in [0, 0.05) is 19.0 Å². The van der Waals surface area contributed by atoms with Gasteiger partial charge in [0.1, 0.15) is 5.75 Å². The molecule has 0 aromatic heterocycles. The van der Waals surface area contributed by atoms with Crippen molar-refractivity contribution in [3.05, 3.63) is 48.5 Å². The molecular weight excluding hydrogens is 360 g/mol. The van der Waals surface area contributed by atoms with Crippen molar-refractivity contribution in [2.75, 3.05) is 31.7 Å². The number of anilines is 1. The van der Waals surface area contributed by atoms with Gasteiger partial charge in [-0.1, -0.05) is 12.1 Å². The van der Waals surface area contributed by atoms with E-state index in [4.69, 9.17) is 4.74 Å². The first-order valence-corrected chi connectivity index (χ1v) is 10.1. The smallest absolute Gasteiger partial charge is 0.261 e. The topological polar surface area (TPSA) is 75.7 Å². The number of thioether (sulfide) groups is 1. The second-order valence-electron chi connectivity index (χ2n) is 5.35. The number of hydrogen-bond donors (Lipinski definition) is 1. The molecular formula is C17H20N2O4S2. The van der Waals surface area contributed by atoms with Crippen LogP contribution in [0.1, 0.15) is 0 Å². The Kier molecular flexibility index (Phi) is 6.33. The zero-order valence-electron chi connectivity index (χ0n) is 14.2. The normalized spacial score (nSPS) is 11.0. The van der Waals surface area contributed by atoms with E-state index in [1.807, 2.05) is 18.4 Å². The molecule has 25 heavy (non-hydrogen) atoms. The SMILES string of the molecule is CSc1ccccc1NS(=O)(=O)c1ccc(OCC(=O)N(C)C)cc1. The Bertz CT molecular complexity index is 834. The molecule has 0 saturated heterocycles. The van der Waals surface area contributed by atoms with E-state index >= 15 is 0 Å². The van der Waals surface area contributed by atoms with Crippen LogP contribution in [0.4, 0.5) is 5.69 Å². The summed E-state index contributed by atoms with van der Waals surface area (Å²) in [5.74, 6) is 0.255. The highest BCUT2D eigenvalue weighted by molar-refractivity contribution is 7.99. The summed E-state index contributed by atoms with van der Waals surface area (Å²) < 4.78 is 33.0. The highest BCUT2D eigenvalue weighted by Gasteiger charge is 2.16. The van der Waals surface area contributed by atoms with E-state index in [-0.39, 0.29) is 17.4 Å². The molecule has 0 radical (unpaired) electrons. The average Bonchev–Trinajstić information content (AvgIpc) is 2.60. The van der Waals surface area contributed by atoms with Crippen LogP contribution in [0.5, 0.6) is 5.75 Å². The van der Waals surface area contributed by atoms with E-state index in [9.17, 15) is 13.2 Å². The van der Waals surface area contributed by atoms with Gasteiger partial charge in [-0.25, -0.2) is 8.42 Å². The second kappa shape index (κ2) is 8.26. The molecule has 0 bridgehead atoms. The van der Waals surface area contributed by atoms with Crippen molar-refractivity contribution >= 4 is 33.4 Å². The van der Waals surface area contributed by atoms with E-state index in [1.165, 1.54) is 40.9 Å². The molecule has 1 N–H and O–H groups in total. The Morgan fingerprint density at radius 1 is 1.12 bits per heavy atom. The van der Waals surface area contributed by atoms with E-state index < -0.39 is 10.0 Å². The highest BCUT2D eigenvalue weighted by atomic mass is 32.2. The highest BCUT2D eigenvalue weighted by Crippen LogP contribution is 2.27. The van der Waals surface area contributed by atoms with Crippen LogP contribution in [0.3, 0.4) is 0 Å². The van der Waals surface area contributed by atoms with Crippen molar-refractivity contribution in [1.29, 1.82) is 0 Å². The third kappa shape index (κ3) is 5.14. The van der Waals surface area contributed by atoms with Gasteiger partial charge in [-0.3, -0.25) is 9.52 Å². The molecule has 0 aliphatic heterocycles. The van der Waals surface area contributed by atoms with Crippen molar-refractivity contribution in [2.45, 2.75) is 9.79 Å². The van der Waals surface area contributed by atoms with E-state index in [2.05, 4.69) is 4.72 Å². The molecule has 0 saturated carbocycles. The number of benzene rings is 2. The average molecular weight is 380 g/mol. The van der Waals surface area contributed by atoms with Crippen molar-refractivity contribution in [2.24, 2.45) is 0 Å². The van der Waals surface area contributed by atoms with Crippen LogP contribution in [-0.4, -0.2) is 46.2 Å². The number of nitrogens with zero attached hydrogens (tertiary/aromatic N) is 1. The fraction of sp³-hybridized carbons (Fsp3) is 0.235. The molecule has 0 heterocycles. The van der Waals surface area contributed by atoms with Crippen molar-refractivity contribution < 1.29 is 17.9 Å². The summed E-state index contributed by atoms with van der Waals surface area (Å²) >= 11 is 1.46. The summed E-state index contributed by atoms with van der Waals surface area (Å²) in [6, 6.07) is 13.1. The molecule has 2 rings (SSSR count). The minimum atomic E-state index is -3.70. The monoisotopic (exact) mass is 380 g/mol. The standard InChI is InChI=1S/C17H20N2O4S2/c1-19(2)17(20)12-23-13-8-10-14(11-9-13)25(21,22)18-15-6-4-5-7-16(15)24-3/h4-11,18H,12H2,1-3H3. The Morgan fingerprint density at radius 2 is 1.76 bits per heavy atom. The van der Waals surface area contributed by atoms with Crippen LogP contribution in [0.25, 0.3) is 0 Å². The Hall–Kier alpha value is -2.19. The van der Waals surface area contributed by atoms with Crippen molar-refractivity contribution in [3.8, 4) is 5.75 Å². The van der Waals surface area contributed by atoms with Gasteiger partial charge in [-0.2, -0.15) is 0 Å². The van der Waals surface area contributed by atoms with Crippen LogP contribution in [0.15, 0.2) is 58.3 Å². The fourth-order valence-electron chi connectivity index (χ4n) is 1.92. The quantitative estimate of drug-likeness (QED) is 0.748. The second-order valence-corrected chi connectivity index (χ2v) is 7.88. The third-order valence-corrected chi connectivity index (χ3v) is 5.52. The Morgan fingerprint density at radius 3 is 2.36 bits per heavy atom. The van der Waals surface area contributed by atoms with Crippen LogP contribution < -0.4 is 9.46 Å². The zero-order valence-corrected chi connectivity index (χ0v) is 15.9. The lowest BCUT2D eigenvalue weighted by Crippen LogP contribution is -2.27. The number of para-hydroxylation sites is 1. The number of hydrogen-bond acceptors (Lipinski definition) is 5. The summed E-state index contributed by atoms with van der Waals surface area (Å²) in [7, 11) is -0.425. The van der Waals surface area contributed by atoms with E-state index in [0.717, 1.165) is 4.90 Å². The molecule has 6 nitrogen and oxygen atoms in total. The molecule has 0 aliphatic carbocycles. The molecule has 0 atom stereocenters. The molecule has 134 valence electrons. The van der Waals surface area contributed by atoms with Crippen LogP contribution in [-0.2, 0) is 14.8 Å². The molecule has 2 aromatic carbocycles. The van der Waals surface area contributed by atoms with E-state index in [1.54, 1.807) is 26.2 Å². The van der Waals surface area contributed by atoms with Crippen LogP contribution >= 0.6 is 11.8 Å². The van der Waals surface area contributed by atoms with Crippen molar-refractivity contribution in [3.63, 3.8) is 0 Å². The van der Waals surface area contributed by atoms with Gasteiger partial charge >= 0.3 is 0 Å².